The van der Waals surface area contributed by atoms with Crippen molar-refractivity contribution in [3.63, 3.8) is 0 Å². The van der Waals surface area contributed by atoms with Crippen LogP contribution < -0.4 is 0 Å². The predicted octanol–water partition coefficient (Wildman–Crippen LogP) is 6.38. The molecule has 0 aliphatic carbocycles. The second-order valence-electron chi connectivity index (χ2n) is 11.8. The van der Waals surface area contributed by atoms with Crippen LogP contribution in [0.3, 0.4) is 0 Å². The summed E-state index contributed by atoms with van der Waals surface area (Å²) in [5.41, 5.74) is 12.6. The molecule has 224 valence electrons. The largest absolute Gasteiger partial charge is 0.469 e. The van der Waals surface area contributed by atoms with Gasteiger partial charge in [-0.1, -0.05) is 13.8 Å². The molecular weight excluding hydrogens is 544 g/mol. The number of aliphatic hydroxyl groups excluding tert-OH is 1. The number of carbonyl (C=O) groups excluding carboxylic acids is 2. The van der Waals surface area contributed by atoms with Gasteiger partial charge in [0.15, 0.2) is 0 Å². The Bertz CT molecular complexity index is 1880. The predicted molar refractivity (Wildman–Crippen MR) is 165 cm³/mol. The van der Waals surface area contributed by atoms with Crippen LogP contribution in [-0.4, -0.2) is 44.1 Å². The van der Waals surface area contributed by atoms with Crippen LogP contribution in [0, 0.1) is 13.8 Å². The summed E-state index contributed by atoms with van der Waals surface area (Å²) in [7, 11) is 1.39. The summed E-state index contributed by atoms with van der Waals surface area (Å²) in [6.07, 6.45) is 0.894. The number of ether oxygens (including phenoxy) is 2. The van der Waals surface area contributed by atoms with E-state index in [9.17, 15) is 14.7 Å². The summed E-state index contributed by atoms with van der Waals surface area (Å²) in [5.74, 6) is -0.808. The third-order valence-corrected chi connectivity index (χ3v) is 9.38. The lowest BCUT2D eigenvalue weighted by Crippen LogP contribution is -2.18. The number of aromatic amines is 2. The number of aryl methyl sites for hydroxylation is 3. The topological polar surface area (TPSA) is 130 Å². The maximum absolute atomic E-state index is 13.1. The van der Waals surface area contributed by atoms with E-state index in [1.54, 1.807) is 6.92 Å². The zero-order chi connectivity index (χ0) is 30.7. The molecule has 3 aromatic rings. The van der Waals surface area contributed by atoms with Crippen LogP contribution in [0.1, 0.15) is 109 Å². The molecule has 0 saturated heterocycles. The van der Waals surface area contributed by atoms with Gasteiger partial charge in [0.25, 0.3) is 0 Å². The van der Waals surface area contributed by atoms with Crippen LogP contribution in [0.15, 0.2) is 18.2 Å². The molecule has 3 aliphatic rings. The molecule has 0 radical (unpaired) electrons. The van der Waals surface area contributed by atoms with Crippen molar-refractivity contribution in [1.29, 1.82) is 0 Å². The van der Waals surface area contributed by atoms with E-state index in [2.05, 4.69) is 36.8 Å². The number of fused-ring (bicyclic) bond motifs is 8. The van der Waals surface area contributed by atoms with E-state index in [4.69, 9.17) is 19.4 Å². The lowest BCUT2D eigenvalue weighted by molar-refractivity contribution is -0.141. The Balaban J connectivity index is 1.76. The molecule has 0 aromatic carbocycles. The molecule has 8 bridgehead atoms. The van der Waals surface area contributed by atoms with Crippen LogP contribution >= 0.6 is 0 Å². The number of nitrogens with one attached hydrogen (secondary N) is 2. The Morgan fingerprint density at radius 1 is 1.09 bits per heavy atom. The summed E-state index contributed by atoms with van der Waals surface area (Å²) in [5, 5.41) is 10.8. The molecule has 9 heteroatoms. The molecule has 6 heterocycles. The first-order chi connectivity index (χ1) is 20.5. The average Bonchev–Trinajstić information content (AvgIpc) is 3.65. The summed E-state index contributed by atoms with van der Waals surface area (Å²) in [4.78, 5) is 42.6. The van der Waals surface area contributed by atoms with E-state index >= 15 is 0 Å². The Labute approximate surface area is 250 Å². The van der Waals surface area contributed by atoms with Crippen molar-refractivity contribution in [2.75, 3.05) is 7.11 Å². The number of hydrogen-bond donors (Lipinski definition) is 3. The van der Waals surface area contributed by atoms with Gasteiger partial charge in [0, 0.05) is 57.1 Å². The number of carbonyl (C=O) groups is 2. The fourth-order valence-electron chi connectivity index (χ4n) is 6.91. The standard InChI is InChI=1S/C34H38N4O5/c1-8-20-15(2)23-13-28-30(19(6)39)17(4)25(36-28)11-24-16(3)21(9-10-29(40)42-7)32(37-24)22-14-43-34(41)31-18(5)26(38-33(22)31)12-27(20)35-23/h11-13,16,19,21,35-36,39H,8-10,14H2,1-7H3/t16-,19?,21-/m0/s1. The number of rotatable bonds is 5. The van der Waals surface area contributed by atoms with Gasteiger partial charge in [0.1, 0.15) is 6.61 Å². The summed E-state index contributed by atoms with van der Waals surface area (Å²) < 4.78 is 10.7. The van der Waals surface area contributed by atoms with Crippen molar-refractivity contribution in [3.8, 4) is 0 Å². The normalized spacial score (nSPS) is 18.6. The van der Waals surface area contributed by atoms with Crippen molar-refractivity contribution < 1.29 is 24.2 Å². The monoisotopic (exact) mass is 582 g/mol. The van der Waals surface area contributed by atoms with Crippen molar-refractivity contribution in [1.82, 2.24) is 19.9 Å². The zero-order valence-electron chi connectivity index (χ0n) is 25.8. The van der Waals surface area contributed by atoms with Gasteiger partial charge in [-0.2, -0.15) is 0 Å². The number of H-pyrrole nitrogens is 2. The lowest BCUT2D eigenvalue weighted by Gasteiger charge is -2.21. The maximum atomic E-state index is 13.1. The highest BCUT2D eigenvalue weighted by molar-refractivity contribution is 6.26. The minimum Gasteiger partial charge on any atom is -0.469 e. The first kappa shape index (κ1) is 28.9. The van der Waals surface area contributed by atoms with Crippen LogP contribution in [0.4, 0.5) is 0 Å². The summed E-state index contributed by atoms with van der Waals surface area (Å²) in [6, 6.07) is 6.10. The number of cyclic esters (lactones) is 1. The molecule has 1 unspecified atom stereocenters. The molecule has 0 spiro atoms. The fraction of sp³-hybridized carbons (Fsp3) is 0.412. The molecule has 3 aliphatic heterocycles. The van der Waals surface area contributed by atoms with Crippen LogP contribution in [-0.2, 0) is 32.1 Å². The van der Waals surface area contributed by atoms with Gasteiger partial charge in [-0.15, -0.1) is 0 Å². The van der Waals surface area contributed by atoms with Gasteiger partial charge in [0.2, 0.25) is 0 Å². The highest BCUT2D eigenvalue weighted by Crippen LogP contribution is 2.45. The third kappa shape index (κ3) is 4.66. The zero-order valence-corrected chi connectivity index (χ0v) is 25.8. The molecular formula is C34H38N4O5. The lowest BCUT2D eigenvalue weighted by atomic mass is 9.85. The first-order valence-corrected chi connectivity index (χ1v) is 14.9. The minimum atomic E-state index is -0.684. The van der Waals surface area contributed by atoms with E-state index in [1.165, 1.54) is 7.11 Å². The van der Waals surface area contributed by atoms with Gasteiger partial charge in [-0.05, 0) is 81.0 Å². The minimum absolute atomic E-state index is 0.0314. The highest BCUT2D eigenvalue weighted by atomic mass is 16.5. The summed E-state index contributed by atoms with van der Waals surface area (Å²) >= 11 is 0. The number of allylic oxidation sites excluding steroid dienone is 1. The molecule has 9 nitrogen and oxygen atoms in total. The Hall–Kier alpha value is -4.24. The number of nitrogens with zero attached hydrogens (tertiary/aromatic N) is 2. The van der Waals surface area contributed by atoms with Gasteiger partial charge in [-0.3, -0.25) is 9.78 Å². The van der Waals surface area contributed by atoms with Gasteiger partial charge in [-0.25, -0.2) is 9.78 Å². The quantitative estimate of drug-likeness (QED) is 0.298. The van der Waals surface area contributed by atoms with Crippen molar-refractivity contribution in [3.05, 3.63) is 68.8 Å². The molecule has 43 heavy (non-hydrogen) atoms. The SMILES string of the molecule is CCc1c(C)c2cc3[nH]c(cc4nc(c5c6nc(cc1[nH]2)C(C)=C6C(=O)OC5)[C@@H](CCC(=O)OC)[C@@H]4C)c(C)c3C(C)O. The second-order valence-corrected chi connectivity index (χ2v) is 11.8. The van der Waals surface area contributed by atoms with Crippen molar-refractivity contribution in [2.45, 2.75) is 85.4 Å². The average molecular weight is 583 g/mol. The van der Waals surface area contributed by atoms with Gasteiger partial charge < -0.3 is 24.5 Å². The smallest absolute Gasteiger partial charge is 0.341 e. The van der Waals surface area contributed by atoms with Crippen molar-refractivity contribution >= 4 is 45.2 Å². The molecule has 3 aromatic heterocycles. The molecule has 3 atom stereocenters. The molecule has 0 fully saturated rings. The molecule has 0 amide bonds. The molecule has 0 saturated carbocycles. The van der Waals surface area contributed by atoms with Crippen LogP contribution in [0.2, 0.25) is 0 Å². The Kier molecular flexibility index (Phi) is 7.24. The van der Waals surface area contributed by atoms with Gasteiger partial charge in [0.05, 0.1) is 35.9 Å². The van der Waals surface area contributed by atoms with E-state index in [0.717, 1.165) is 73.3 Å². The third-order valence-electron chi connectivity index (χ3n) is 9.38. The fourth-order valence-corrected chi connectivity index (χ4v) is 6.91. The highest BCUT2D eigenvalue weighted by Gasteiger charge is 2.37. The number of esters is 2. The number of aliphatic hydroxyl groups is 1. The number of aromatic nitrogens is 4. The number of hydrogen-bond acceptors (Lipinski definition) is 7. The first-order valence-electron chi connectivity index (χ1n) is 14.9. The summed E-state index contributed by atoms with van der Waals surface area (Å²) in [6.45, 7) is 12.1. The van der Waals surface area contributed by atoms with Crippen LogP contribution in [0.25, 0.3) is 33.2 Å². The van der Waals surface area contributed by atoms with Gasteiger partial charge >= 0.3 is 11.9 Å². The van der Waals surface area contributed by atoms with E-state index in [1.807, 2.05) is 26.0 Å². The van der Waals surface area contributed by atoms with Crippen molar-refractivity contribution in [2.24, 2.45) is 0 Å². The Morgan fingerprint density at radius 3 is 2.51 bits per heavy atom. The van der Waals surface area contributed by atoms with Crippen LogP contribution in [0.5, 0.6) is 0 Å². The number of methoxy groups -OCH3 is 1. The van der Waals surface area contributed by atoms with E-state index in [-0.39, 0.29) is 36.8 Å². The molecule has 3 N–H and O–H groups in total. The Morgan fingerprint density at radius 2 is 1.81 bits per heavy atom. The molecule has 6 rings (SSSR count). The van der Waals surface area contributed by atoms with E-state index in [0.29, 0.717) is 23.4 Å². The second kappa shape index (κ2) is 10.8. The maximum Gasteiger partial charge on any atom is 0.341 e. The van der Waals surface area contributed by atoms with E-state index < -0.39 is 6.10 Å².